The zero-order chi connectivity index (χ0) is 24.6. The number of aromatic nitrogens is 6. The number of aryl methyl sites for hydroxylation is 2. The van der Waals surface area contributed by atoms with Gasteiger partial charge in [0.15, 0.2) is 0 Å². The molecule has 9 heteroatoms. The van der Waals surface area contributed by atoms with Crippen LogP contribution in [0.25, 0.3) is 17.2 Å². The van der Waals surface area contributed by atoms with E-state index in [-0.39, 0.29) is 5.91 Å². The molecule has 178 valence electrons. The fraction of sp³-hybridized carbons (Fsp3) is 0.111. The number of amides is 1. The van der Waals surface area contributed by atoms with E-state index in [0.29, 0.717) is 24.5 Å². The van der Waals surface area contributed by atoms with Crippen molar-refractivity contribution in [3.63, 3.8) is 0 Å². The lowest BCUT2D eigenvalue weighted by Crippen LogP contribution is -2.07. The van der Waals surface area contributed by atoms with Crippen LogP contribution >= 0.6 is 0 Å². The summed E-state index contributed by atoms with van der Waals surface area (Å²) in [5.74, 6) is 0.379. The molecule has 5 rings (SSSR count). The number of carbonyl (C=O) groups is 1. The van der Waals surface area contributed by atoms with Gasteiger partial charge in [0, 0.05) is 60.3 Å². The molecule has 0 saturated carbocycles. The minimum absolute atomic E-state index is 0.226. The van der Waals surface area contributed by atoms with Crippen LogP contribution in [0.3, 0.4) is 0 Å². The lowest BCUT2D eigenvalue weighted by Gasteiger charge is -2.05. The van der Waals surface area contributed by atoms with Crippen molar-refractivity contribution in [2.45, 2.75) is 19.4 Å². The average Bonchev–Trinajstić information content (AvgIpc) is 3.60. The number of nitrogens with zero attached hydrogens (tertiary/aromatic N) is 6. The number of hydrogen-bond acceptors (Lipinski definition) is 7. The van der Waals surface area contributed by atoms with Crippen LogP contribution in [0.15, 0.2) is 96.5 Å². The molecule has 0 unspecified atom stereocenters. The van der Waals surface area contributed by atoms with E-state index in [1.165, 1.54) is 12.5 Å². The van der Waals surface area contributed by atoms with Crippen molar-refractivity contribution in [2.75, 3.05) is 5.32 Å². The summed E-state index contributed by atoms with van der Waals surface area (Å²) in [4.78, 5) is 20.9. The van der Waals surface area contributed by atoms with Crippen LogP contribution < -0.4 is 5.32 Å². The van der Waals surface area contributed by atoms with E-state index in [1.807, 2.05) is 65.7 Å². The predicted molar refractivity (Wildman–Crippen MR) is 135 cm³/mol. The van der Waals surface area contributed by atoms with Crippen molar-refractivity contribution < 1.29 is 9.21 Å². The van der Waals surface area contributed by atoms with Crippen molar-refractivity contribution in [1.82, 2.24) is 29.9 Å². The first-order chi connectivity index (χ1) is 17.7. The van der Waals surface area contributed by atoms with Crippen LogP contribution in [0.5, 0.6) is 0 Å². The summed E-state index contributed by atoms with van der Waals surface area (Å²) >= 11 is 0. The van der Waals surface area contributed by atoms with E-state index >= 15 is 0 Å². The highest BCUT2D eigenvalue weighted by molar-refractivity contribution is 6.02. The monoisotopic (exact) mass is 477 g/mol. The maximum Gasteiger partial charge on any atom is 0.248 e. The van der Waals surface area contributed by atoms with E-state index in [9.17, 15) is 4.79 Å². The molecule has 0 bridgehead atoms. The lowest BCUT2D eigenvalue weighted by atomic mass is 10.0. The van der Waals surface area contributed by atoms with Gasteiger partial charge in [-0.2, -0.15) is 5.10 Å². The summed E-state index contributed by atoms with van der Waals surface area (Å²) in [6.07, 6.45) is 16.8. The molecule has 0 aliphatic heterocycles. The minimum atomic E-state index is -0.226. The molecular weight excluding hydrogens is 454 g/mol. The number of hydrogen-bond donors (Lipinski definition) is 1. The lowest BCUT2D eigenvalue weighted by molar-refractivity contribution is -0.111. The van der Waals surface area contributed by atoms with E-state index in [1.54, 1.807) is 24.7 Å². The van der Waals surface area contributed by atoms with Gasteiger partial charge in [0.2, 0.25) is 18.2 Å². The SMILES string of the molecule is O=C(/C=C/c1cnccc1-c1cnn(Cc2cccnc2)c1)Nc1ccc(CCc2nnco2)cc1. The summed E-state index contributed by atoms with van der Waals surface area (Å²) < 4.78 is 7.02. The van der Waals surface area contributed by atoms with Gasteiger partial charge in [-0.15, -0.1) is 10.2 Å². The Balaban J connectivity index is 1.21. The molecule has 5 aromatic rings. The van der Waals surface area contributed by atoms with E-state index in [4.69, 9.17) is 4.42 Å². The van der Waals surface area contributed by atoms with Crippen LogP contribution in [0.1, 0.15) is 22.6 Å². The highest BCUT2D eigenvalue weighted by atomic mass is 16.4. The molecule has 0 aliphatic rings. The molecule has 1 aromatic carbocycles. The number of benzene rings is 1. The summed E-state index contributed by atoms with van der Waals surface area (Å²) in [5, 5.41) is 14.9. The van der Waals surface area contributed by atoms with Crippen LogP contribution in [-0.2, 0) is 24.2 Å². The third-order valence-electron chi connectivity index (χ3n) is 5.53. The maximum absolute atomic E-state index is 12.5. The fourth-order valence-corrected chi connectivity index (χ4v) is 3.73. The molecule has 1 amide bonds. The van der Waals surface area contributed by atoms with Gasteiger partial charge in [-0.1, -0.05) is 18.2 Å². The normalized spacial score (nSPS) is 11.1. The van der Waals surface area contributed by atoms with Gasteiger partial charge in [0.1, 0.15) is 0 Å². The summed E-state index contributed by atoms with van der Waals surface area (Å²) in [6, 6.07) is 13.5. The van der Waals surface area contributed by atoms with E-state index in [0.717, 1.165) is 34.2 Å². The molecule has 4 heterocycles. The van der Waals surface area contributed by atoms with Crippen molar-refractivity contribution in [3.05, 3.63) is 115 Å². The first kappa shape index (κ1) is 22.9. The Morgan fingerprint density at radius 2 is 1.86 bits per heavy atom. The zero-order valence-electron chi connectivity index (χ0n) is 19.4. The largest absolute Gasteiger partial charge is 0.428 e. The van der Waals surface area contributed by atoms with E-state index < -0.39 is 0 Å². The molecule has 36 heavy (non-hydrogen) atoms. The summed E-state index contributed by atoms with van der Waals surface area (Å²) in [7, 11) is 0. The molecule has 0 radical (unpaired) electrons. The van der Waals surface area contributed by atoms with Crippen molar-refractivity contribution >= 4 is 17.7 Å². The summed E-state index contributed by atoms with van der Waals surface area (Å²) in [5.41, 5.74) is 5.61. The Hall–Kier alpha value is -4.92. The second-order valence-corrected chi connectivity index (χ2v) is 8.10. The zero-order valence-corrected chi connectivity index (χ0v) is 19.4. The number of anilines is 1. The topological polar surface area (TPSA) is 112 Å². The van der Waals surface area contributed by atoms with Crippen LogP contribution in [-0.4, -0.2) is 35.9 Å². The van der Waals surface area contributed by atoms with E-state index in [2.05, 4.69) is 30.6 Å². The second kappa shape index (κ2) is 11.0. The average molecular weight is 478 g/mol. The highest BCUT2D eigenvalue weighted by Crippen LogP contribution is 2.24. The highest BCUT2D eigenvalue weighted by Gasteiger charge is 2.08. The number of pyridine rings is 2. The molecule has 0 saturated heterocycles. The Morgan fingerprint density at radius 1 is 0.972 bits per heavy atom. The van der Waals surface area contributed by atoms with Gasteiger partial charge in [-0.3, -0.25) is 19.4 Å². The molecule has 0 atom stereocenters. The number of carbonyl (C=O) groups excluding carboxylic acids is 1. The Kier molecular flexibility index (Phi) is 6.98. The van der Waals surface area contributed by atoms with Gasteiger partial charge in [-0.25, -0.2) is 0 Å². The minimum Gasteiger partial charge on any atom is -0.428 e. The Bertz CT molecular complexity index is 1440. The van der Waals surface area contributed by atoms with Gasteiger partial charge in [-0.05, 0) is 53.5 Å². The second-order valence-electron chi connectivity index (χ2n) is 8.10. The molecular formula is C27H23N7O2. The molecule has 4 aromatic heterocycles. The van der Waals surface area contributed by atoms with Gasteiger partial charge < -0.3 is 9.73 Å². The first-order valence-electron chi connectivity index (χ1n) is 11.4. The third kappa shape index (κ3) is 5.95. The predicted octanol–water partition coefficient (Wildman–Crippen LogP) is 4.21. The van der Waals surface area contributed by atoms with Gasteiger partial charge in [0.05, 0.1) is 12.7 Å². The maximum atomic E-state index is 12.5. The van der Waals surface area contributed by atoms with Crippen LogP contribution in [0, 0.1) is 0 Å². The fourth-order valence-electron chi connectivity index (χ4n) is 3.73. The Morgan fingerprint density at radius 3 is 2.67 bits per heavy atom. The van der Waals surface area contributed by atoms with Crippen molar-refractivity contribution in [2.24, 2.45) is 0 Å². The van der Waals surface area contributed by atoms with Crippen molar-refractivity contribution in [3.8, 4) is 11.1 Å². The van der Waals surface area contributed by atoms with Crippen LogP contribution in [0.4, 0.5) is 5.69 Å². The number of nitrogens with one attached hydrogen (secondary N) is 1. The molecule has 0 fully saturated rings. The standard InChI is InChI=1S/C27H23N7O2/c35-26(32-24-7-3-20(4-8-24)5-10-27-33-30-19-36-27)9-6-22-15-29-13-11-25(22)23-16-31-34(18-23)17-21-2-1-12-28-14-21/h1-4,6-9,11-16,18-19H,5,10,17H2,(H,32,35)/b9-6+. The molecule has 0 spiro atoms. The number of rotatable bonds is 9. The quantitative estimate of drug-likeness (QED) is 0.317. The summed E-state index contributed by atoms with van der Waals surface area (Å²) in [6.45, 7) is 0.627. The van der Waals surface area contributed by atoms with Gasteiger partial charge >= 0.3 is 0 Å². The third-order valence-corrected chi connectivity index (χ3v) is 5.53. The first-order valence-corrected chi connectivity index (χ1v) is 11.4. The molecule has 0 aliphatic carbocycles. The smallest absolute Gasteiger partial charge is 0.248 e. The van der Waals surface area contributed by atoms with Crippen LogP contribution in [0.2, 0.25) is 0 Å². The Labute approximate surface area is 207 Å². The molecule has 1 N–H and O–H groups in total. The van der Waals surface area contributed by atoms with Gasteiger partial charge in [0.25, 0.3) is 0 Å². The van der Waals surface area contributed by atoms with Crippen molar-refractivity contribution in [1.29, 1.82) is 0 Å². The molecule has 9 nitrogen and oxygen atoms in total.